The van der Waals surface area contributed by atoms with E-state index in [2.05, 4.69) is 25.8 Å². The Morgan fingerprint density at radius 2 is 1.91 bits per heavy atom. The molecule has 0 saturated carbocycles. The number of ether oxygens (including phenoxy) is 2. The van der Waals surface area contributed by atoms with Crippen molar-refractivity contribution < 1.29 is 14.0 Å². The van der Waals surface area contributed by atoms with E-state index in [0.29, 0.717) is 42.2 Å². The van der Waals surface area contributed by atoms with Crippen molar-refractivity contribution in [2.24, 2.45) is 4.99 Å². The molecule has 0 radical (unpaired) electrons. The van der Waals surface area contributed by atoms with Gasteiger partial charge in [0.2, 0.25) is 11.7 Å². The summed E-state index contributed by atoms with van der Waals surface area (Å²) in [5.74, 6) is 3.26. The van der Waals surface area contributed by atoms with E-state index < -0.39 is 0 Å². The summed E-state index contributed by atoms with van der Waals surface area (Å²) in [5, 5.41) is 11.2. The van der Waals surface area contributed by atoms with Crippen molar-refractivity contribution in [2.75, 3.05) is 27.2 Å². The number of nitrogens with one attached hydrogen (secondary N) is 2. The molecule has 2 N–H and O–H groups in total. The van der Waals surface area contributed by atoms with Gasteiger partial charge in [0.1, 0.15) is 17.6 Å². The molecule has 0 saturated heterocycles. The van der Waals surface area contributed by atoms with Crippen molar-refractivity contribution in [1.82, 2.24) is 20.8 Å². The standard InChI is InChI=1S/C22H26ClN5O3.HI/c1-15(30-19-6-4-5-18(13-19)29-3)14-26-22(24-2)25-12-11-20-27-21(28-31-20)16-7-9-17(23)10-8-16;/h4-10,13,15H,11-12,14H2,1-3H3,(H2,24,25,26);1H. The van der Waals surface area contributed by atoms with E-state index in [9.17, 15) is 0 Å². The highest BCUT2D eigenvalue weighted by atomic mass is 127. The third kappa shape index (κ3) is 7.86. The number of guanidine groups is 1. The van der Waals surface area contributed by atoms with Crippen LogP contribution >= 0.6 is 35.6 Å². The van der Waals surface area contributed by atoms with Crippen molar-refractivity contribution >= 4 is 41.5 Å². The molecular formula is C22H27ClIN5O3. The van der Waals surface area contributed by atoms with E-state index in [1.165, 1.54) is 0 Å². The Morgan fingerprint density at radius 1 is 1.16 bits per heavy atom. The van der Waals surface area contributed by atoms with Crippen molar-refractivity contribution in [2.45, 2.75) is 19.4 Å². The Kier molecular flexibility index (Phi) is 10.5. The van der Waals surface area contributed by atoms with Gasteiger partial charge in [0.25, 0.3) is 0 Å². The van der Waals surface area contributed by atoms with Crippen LogP contribution in [0.5, 0.6) is 11.5 Å². The van der Waals surface area contributed by atoms with E-state index in [0.717, 1.165) is 17.1 Å². The lowest BCUT2D eigenvalue weighted by molar-refractivity contribution is 0.223. The van der Waals surface area contributed by atoms with Crippen LogP contribution in [-0.2, 0) is 6.42 Å². The molecule has 2 aromatic carbocycles. The Bertz CT molecular complexity index is 997. The maximum absolute atomic E-state index is 5.91. The Morgan fingerprint density at radius 3 is 2.62 bits per heavy atom. The van der Waals surface area contributed by atoms with Crippen LogP contribution in [0.4, 0.5) is 0 Å². The summed E-state index contributed by atoms with van der Waals surface area (Å²) in [5.41, 5.74) is 0.856. The highest BCUT2D eigenvalue weighted by Gasteiger charge is 2.10. The minimum atomic E-state index is -0.0662. The molecule has 0 fully saturated rings. The first-order valence-corrected chi connectivity index (χ1v) is 10.3. The minimum Gasteiger partial charge on any atom is -0.497 e. The normalized spacial score (nSPS) is 11.9. The van der Waals surface area contributed by atoms with Crippen LogP contribution in [0.1, 0.15) is 12.8 Å². The summed E-state index contributed by atoms with van der Waals surface area (Å²) < 4.78 is 16.5. The van der Waals surface area contributed by atoms with E-state index >= 15 is 0 Å². The molecule has 32 heavy (non-hydrogen) atoms. The average Bonchev–Trinajstić information content (AvgIpc) is 3.25. The Labute approximate surface area is 209 Å². The van der Waals surface area contributed by atoms with Gasteiger partial charge >= 0.3 is 0 Å². The summed E-state index contributed by atoms with van der Waals surface area (Å²) in [6.07, 6.45) is 0.500. The SMILES string of the molecule is CN=C(NCCc1nc(-c2ccc(Cl)cc2)no1)NCC(C)Oc1cccc(OC)c1.I. The predicted octanol–water partition coefficient (Wildman–Crippen LogP) is 4.19. The summed E-state index contributed by atoms with van der Waals surface area (Å²) >= 11 is 5.91. The maximum atomic E-state index is 5.91. The zero-order chi connectivity index (χ0) is 22.1. The molecule has 0 amide bonds. The average molecular weight is 572 g/mol. The molecule has 0 spiro atoms. The van der Waals surface area contributed by atoms with Crippen LogP contribution in [0.2, 0.25) is 5.02 Å². The summed E-state index contributed by atoms with van der Waals surface area (Å²) in [7, 11) is 3.35. The van der Waals surface area contributed by atoms with Gasteiger partial charge in [-0.1, -0.05) is 22.8 Å². The van der Waals surface area contributed by atoms with E-state index in [1.807, 2.05) is 43.3 Å². The molecule has 0 aliphatic rings. The van der Waals surface area contributed by atoms with E-state index in [1.54, 1.807) is 26.3 Å². The van der Waals surface area contributed by atoms with Crippen LogP contribution < -0.4 is 20.1 Å². The maximum Gasteiger partial charge on any atom is 0.228 e. The van der Waals surface area contributed by atoms with Gasteiger partial charge in [-0.2, -0.15) is 4.98 Å². The smallest absolute Gasteiger partial charge is 0.228 e. The minimum absolute atomic E-state index is 0. The molecule has 3 aromatic rings. The second-order valence-corrected chi connectivity index (χ2v) is 7.19. The molecule has 172 valence electrons. The van der Waals surface area contributed by atoms with E-state index in [-0.39, 0.29) is 30.1 Å². The molecule has 1 heterocycles. The first-order chi connectivity index (χ1) is 15.1. The molecule has 1 aromatic heterocycles. The molecule has 1 unspecified atom stereocenters. The van der Waals surface area contributed by atoms with Crippen LogP contribution in [0.15, 0.2) is 58.0 Å². The lowest BCUT2D eigenvalue weighted by atomic mass is 10.2. The Balaban J connectivity index is 0.00000363. The monoisotopic (exact) mass is 571 g/mol. The first kappa shape index (κ1) is 25.7. The lowest BCUT2D eigenvalue weighted by Crippen LogP contribution is -2.42. The molecule has 8 nitrogen and oxygen atoms in total. The Hall–Kier alpha value is -2.53. The fraction of sp³-hybridized carbons (Fsp3) is 0.318. The van der Waals surface area contributed by atoms with Gasteiger partial charge in [-0.25, -0.2) is 0 Å². The number of hydrogen-bond donors (Lipinski definition) is 2. The van der Waals surface area contributed by atoms with Crippen molar-refractivity contribution in [3.8, 4) is 22.9 Å². The fourth-order valence-electron chi connectivity index (χ4n) is 2.77. The predicted molar refractivity (Wildman–Crippen MR) is 136 cm³/mol. The second-order valence-electron chi connectivity index (χ2n) is 6.76. The molecule has 10 heteroatoms. The van der Waals surface area contributed by atoms with Gasteiger partial charge in [0.15, 0.2) is 5.96 Å². The molecule has 1 atom stereocenters. The molecular weight excluding hydrogens is 545 g/mol. The number of halogens is 2. The lowest BCUT2D eigenvalue weighted by Gasteiger charge is -2.18. The van der Waals surface area contributed by atoms with E-state index in [4.69, 9.17) is 25.6 Å². The largest absolute Gasteiger partial charge is 0.497 e. The number of aromatic nitrogens is 2. The van der Waals surface area contributed by atoms with Crippen LogP contribution in [0, 0.1) is 0 Å². The molecule has 0 bridgehead atoms. The first-order valence-electron chi connectivity index (χ1n) is 9.91. The fourth-order valence-corrected chi connectivity index (χ4v) is 2.90. The summed E-state index contributed by atoms with van der Waals surface area (Å²) in [6, 6.07) is 14.8. The van der Waals surface area contributed by atoms with Crippen LogP contribution in [-0.4, -0.2) is 49.5 Å². The highest BCUT2D eigenvalue weighted by Crippen LogP contribution is 2.20. The van der Waals surface area contributed by atoms with Gasteiger partial charge in [-0.15, -0.1) is 24.0 Å². The number of methoxy groups -OCH3 is 1. The van der Waals surface area contributed by atoms with Gasteiger partial charge < -0.3 is 24.6 Å². The third-order valence-corrected chi connectivity index (χ3v) is 4.61. The summed E-state index contributed by atoms with van der Waals surface area (Å²) in [4.78, 5) is 8.64. The number of rotatable bonds is 9. The third-order valence-electron chi connectivity index (χ3n) is 4.36. The van der Waals surface area contributed by atoms with Crippen molar-refractivity contribution in [3.05, 3.63) is 59.4 Å². The second kappa shape index (κ2) is 13.1. The molecule has 3 rings (SSSR count). The zero-order valence-corrected chi connectivity index (χ0v) is 21.3. The van der Waals surface area contributed by atoms with Gasteiger partial charge in [0, 0.05) is 36.7 Å². The number of benzene rings is 2. The highest BCUT2D eigenvalue weighted by molar-refractivity contribution is 14.0. The number of hydrogen-bond acceptors (Lipinski definition) is 6. The molecule has 0 aliphatic heterocycles. The van der Waals surface area contributed by atoms with Crippen LogP contribution in [0.25, 0.3) is 11.4 Å². The molecule has 0 aliphatic carbocycles. The van der Waals surface area contributed by atoms with Crippen LogP contribution in [0.3, 0.4) is 0 Å². The van der Waals surface area contributed by atoms with Gasteiger partial charge in [0.05, 0.1) is 13.7 Å². The van der Waals surface area contributed by atoms with Crippen molar-refractivity contribution in [1.29, 1.82) is 0 Å². The van der Waals surface area contributed by atoms with Gasteiger partial charge in [-0.05, 0) is 43.3 Å². The van der Waals surface area contributed by atoms with Crippen molar-refractivity contribution in [3.63, 3.8) is 0 Å². The number of aliphatic imine (C=N–C) groups is 1. The quantitative estimate of drug-likeness (QED) is 0.226. The zero-order valence-electron chi connectivity index (χ0n) is 18.2. The topological polar surface area (TPSA) is 93.8 Å². The van der Waals surface area contributed by atoms with Gasteiger partial charge in [-0.3, -0.25) is 4.99 Å². The summed E-state index contributed by atoms with van der Waals surface area (Å²) in [6.45, 7) is 3.15. The number of nitrogens with zero attached hydrogens (tertiary/aromatic N) is 3.